The zero-order chi connectivity index (χ0) is 25.6. The lowest BCUT2D eigenvalue weighted by atomic mass is 9.95. The second kappa shape index (κ2) is 12.3. The van der Waals surface area contributed by atoms with Crippen molar-refractivity contribution in [3.05, 3.63) is 58.5 Å². The Hall–Kier alpha value is -2.59. The van der Waals surface area contributed by atoms with Crippen molar-refractivity contribution in [2.24, 2.45) is 0 Å². The Morgan fingerprint density at radius 3 is 3.03 bits per heavy atom. The molecular weight excluding hydrogens is 477 g/mol. The first kappa shape index (κ1) is 26.0. The molecule has 0 spiro atoms. The molecule has 0 radical (unpaired) electrons. The predicted octanol–water partition coefficient (Wildman–Crippen LogP) is 3.91. The molecule has 0 bridgehead atoms. The molecule has 2 N–H and O–H groups in total. The normalized spacial score (nSPS) is 22.8. The van der Waals surface area contributed by atoms with Gasteiger partial charge in [-0.1, -0.05) is 12.1 Å². The number of anilines is 1. The first-order valence-corrected chi connectivity index (χ1v) is 13.4. The predicted molar refractivity (Wildman–Crippen MR) is 136 cm³/mol. The van der Waals surface area contributed by atoms with Gasteiger partial charge in [-0.25, -0.2) is 9.37 Å². The van der Waals surface area contributed by atoms with Gasteiger partial charge in [0, 0.05) is 31.9 Å². The first-order valence-electron chi connectivity index (χ1n) is 13.4. The van der Waals surface area contributed by atoms with Gasteiger partial charge in [0.1, 0.15) is 23.8 Å². The molecule has 3 atom stereocenters. The molecule has 1 unspecified atom stereocenters. The summed E-state index contributed by atoms with van der Waals surface area (Å²) in [5, 5.41) is 13.5. The Kier molecular flexibility index (Phi) is 8.66. The third kappa shape index (κ3) is 6.46. The van der Waals surface area contributed by atoms with E-state index < -0.39 is 23.9 Å². The molecule has 200 valence electrons. The average molecular weight is 514 g/mol. The molecular formula is C28H36FN3O5. The first-order chi connectivity index (χ1) is 18.1. The van der Waals surface area contributed by atoms with Crippen molar-refractivity contribution < 1.29 is 28.5 Å². The fourth-order valence-electron chi connectivity index (χ4n) is 5.52. The van der Waals surface area contributed by atoms with Gasteiger partial charge in [0.2, 0.25) is 0 Å². The molecule has 0 aliphatic carbocycles. The molecule has 9 heteroatoms. The van der Waals surface area contributed by atoms with E-state index in [2.05, 4.69) is 17.4 Å². The van der Waals surface area contributed by atoms with Crippen LogP contribution in [0.4, 0.5) is 10.2 Å². The molecule has 4 heterocycles. The molecule has 0 amide bonds. The van der Waals surface area contributed by atoms with Crippen LogP contribution in [0.15, 0.2) is 30.3 Å². The maximum absolute atomic E-state index is 14.2. The number of aromatic nitrogens is 1. The number of nitrogens with one attached hydrogen (secondary N) is 1. The van der Waals surface area contributed by atoms with Crippen molar-refractivity contribution in [2.45, 2.75) is 56.8 Å². The zero-order valence-corrected chi connectivity index (χ0v) is 21.2. The molecule has 8 nitrogen and oxygen atoms in total. The number of halogens is 1. The van der Waals surface area contributed by atoms with E-state index in [0.29, 0.717) is 50.6 Å². The summed E-state index contributed by atoms with van der Waals surface area (Å²) in [5.74, 6) is -0.433. The van der Waals surface area contributed by atoms with Gasteiger partial charge in [0.15, 0.2) is 0 Å². The number of fused-ring (bicyclic) bond motifs is 1. The third-order valence-electron chi connectivity index (χ3n) is 7.41. The summed E-state index contributed by atoms with van der Waals surface area (Å²) in [5.41, 5.74) is 3.50. The van der Waals surface area contributed by atoms with E-state index in [-0.39, 0.29) is 6.10 Å². The molecule has 1 aromatic carbocycles. The Balaban J connectivity index is 1.13. The minimum absolute atomic E-state index is 0.0424. The van der Waals surface area contributed by atoms with Gasteiger partial charge in [-0.3, -0.25) is 9.69 Å². The van der Waals surface area contributed by atoms with Gasteiger partial charge in [-0.05, 0) is 73.4 Å². The molecule has 2 fully saturated rings. The number of rotatable bonds is 10. The molecule has 3 aliphatic rings. The number of ether oxygens (including phenoxy) is 3. The lowest BCUT2D eigenvalue weighted by Gasteiger charge is -2.30. The second-order valence-corrected chi connectivity index (χ2v) is 10.0. The van der Waals surface area contributed by atoms with Crippen LogP contribution in [0.25, 0.3) is 0 Å². The van der Waals surface area contributed by atoms with Crippen LogP contribution in [0.3, 0.4) is 0 Å². The molecule has 0 saturated carbocycles. The molecule has 1 aromatic heterocycles. The van der Waals surface area contributed by atoms with Crippen molar-refractivity contribution in [1.82, 2.24) is 9.88 Å². The van der Waals surface area contributed by atoms with Crippen molar-refractivity contribution >= 4 is 11.8 Å². The van der Waals surface area contributed by atoms with E-state index in [1.807, 2.05) is 4.90 Å². The van der Waals surface area contributed by atoms with Crippen LogP contribution in [-0.2, 0) is 31.8 Å². The number of aryl methyl sites for hydroxylation is 2. The van der Waals surface area contributed by atoms with Gasteiger partial charge in [-0.2, -0.15) is 0 Å². The van der Waals surface area contributed by atoms with E-state index in [0.717, 1.165) is 56.6 Å². The highest BCUT2D eigenvalue weighted by molar-refractivity contribution is 5.76. The van der Waals surface area contributed by atoms with Crippen LogP contribution in [0.5, 0.6) is 0 Å². The highest BCUT2D eigenvalue weighted by atomic mass is 19.1. The highest BCUT2D eigenvalue weighted by Gasteiger charge is 2.37. The Morgan fingerprint density at radius 2 is 2.19 bits per heavy atom. The van der Waals surface area contributed by atoms with E-state index in [9.17, 15) is 14.3 Å². The number of carbonyl (C=O) groups is 1. The standard InChI is InChI=1S/C28H36FN3O5/c29-20-7-9-23(25-18-35-14-15-37-25)24(16-20)26(28(33)34)32-12-10-22(17-32)36-13-2-1-5-21-8-6-19-4-3-11-30-27(19)31-21/h6-9,16,22,25-26H,1-5,10-15,17-18H2,(H,30,31)(H,33,34)/t22-,25?,26+/m1/s1. The number of pyridine rings is 1. The minimum Gasteiger partial charge on any atom is -0.480 e. The quantitative estimate of drug-likeness (QED) is 0.462. The van der Waals surface area contributed by atoms with Crippen molar-refractivity contribution in [3.8, 4) is 0 Å². The average Bonchev–Trinajstić information content (AvgIpc) is 3.37. The van der Waals surface area contributed by atoms with Crippen molar-refractivity contribution in [1.29, 1.82) is 0 Å². The van der Waals surface area contributed by atoms with Gasteiger partial charge in [-0.15, -0.1) is 0 Å². The Bertz CT molecular complexity index is 1080. The summed E-state index contributed by atoms with van der Waals surface area (Å²) in [4.78, 5) is 19.0. The molecule has 2 aromatic rings. The lowest BCUT2D eigenvalue weighted by molar-refractivity contribution is -0.143. The molecule has 3 aliphatic heterocycles. The smallest absolute Gasteiger partial charge is 0.325 e. The van der Waals surface area contributed by atoms with E-state index in [1.165, 1.54) is 17.7 Å². The largest absolute Gasteiger partial charge is 0.480 e. The maximum atomic E-state index is 14.2. The van der Waals surface area contributed by atoms with E-state index in [4.69, 9.17) is 19.2 Å². The zero-order valence-electron chi connectivity index (χ0n) is 21.2. The van der Waals surface area contributed by atoms with Gasteiger partial charge in [0.25, 0.3) is 0 Å². The van der Waals surface area contributed by atoms with Crippen LogP contribution >= 0.6 is 0 Å². The number of carboxylic acid groups (broad SMARTS) is 1. The van der Waals surface area contributed by atoms with Crippen molar-refractivity contribution in [2.75, 3.05) is 51.4 Å². The minimum atomic E-state index is -1.00. The van der Waals surface area contributed by atoms with Gasteiger partial charge in [0.05, 0.1) is 25.9 Å². The third-order valence-corrected chi connectivity index (χ3v) is 7.41. The summed E-state index contributed by atoms with van der Waals surface area (Å²) in [6.07, 6.45) is 5.36. The number of hydrogen-bond acceptors (Lipinski definition) is 7. The monoisotopic (exact) mass is 513 g/mol. The van der Waals surface area contributed by atoms with Crippen LogP contribution in [0.2, 0.25) is 0 Å². The fraction of sp³-hybridized carbons (Fsp3) is 0.571. The summed E-state index contributed by atoms with van der Waals surface area (Å²) in [7, 11) is 0. The summed E-state index contributed by atoms with van der Waals surface area (Å²) in [6.45, 7) is 3.94. The lowest BCUT2D eigenvalue weighted by Crippen LogP contribution is -2.35. The summed E-state index contributed by atoms with van der Waals surface area (Å²) >= 11 is 0. The van der Waals surface area contributed by atoms with E-state index in [1.54, 1.807) is 6.07 Å². The SMILES string of the molecule is O=C(O)[C@H](c1cc(F)ccc1C1COCCO1)N1CC[C@@H](OCCCCc2ccc3c(n2)NCCC3)C1. The molecule has 2 saturated heterocycles. The van der Waals surface area contributed by atoms with Crippen LogP contribution < -0.4 is 5.32 Å². The number of unbranched alkanes of at least 4 members (excludes halogenated alkanes) is 1. The second-order valence-electron chi connectivity index (χ2n) is 10.0. The van der Waals surface area contributed by atoms with Gasteiger partial charge >= 0.3 is 5.97 Å². The van der Waals surface area contributed by atoms with Crippen LogP contribution in [0, 0.1) is 5.82 Å². The number of carboxylic acids is 1. The number of hydrogen-bond donors (Lipinski definition) is 2. The maximum Gasteiger partial charge on any atom is 0.325 e. The van der Waals surface area contributed by atoms with E-state index >= 15 is 0 Å². The van der Waals surface area contributed by atoms with Crippen molar-refractivity contribution in [3.63, 3.8) is 0 Å². The molecule has 5 rings (SSSR count). The fourth-order valence-corrected chi connectivity index (χ4v) is 5.52. The number of benzene rings is 1. The van der Waals surface area contributed by atoms with Crippen LogP contribution in [0.1, 0.15) is 60.2 Å². The number of likely N-dealkylation sites (tertiary alicyclic amines) is 1. The van der Waals surface area contributed by atoms with Gasteiger partial charge < -0.3 is 24.6 Å². The summed E-state index contributed by atoms with van der Waals surface area (Å²) in [6, 6.07) is 7.64. The number of nitrogens with zero attached hydrogens (tertiary/aromatic N) is 2. The number of aliphatic carboxylic acids is 1. The Morgan fingerprint density at radius 1 is 1.27 bits per heavy atom. The topological polar surface area (TPSA) is 93.2 Å². The van der Waals surface area contributed by atoms with Crippen LogP contribution in [-0.4, -0.2) is 73.1 Å². The molecule has 37 heavy (non-hydrogen) atoms. The Labute approximate surface area is 217 Å². The summed E-state index contributed by atoms with van der Waals surface area (Å²) < 4.78 is 31.7. The highest BCUT2D eigenvalue weighted by Crippen LogP contribution is 2.34.